The van der Waals surface area contributed by atoms with Crippen LogP contribution in [0.4, 0.5) is 0 Å². The Bertz CT molecular complexity index is 1060. The smallest absolute Gasteiger partial charge is 0.249 e. The van der Waals surface area contributed by atoms with Crippen LogP contribution in [-0.4, -0.2) is 14.6 Å². The molecule has 5 rings (SSSR count). The Morgan fingerprint density at radius 2 is 1.64 bits per heavy atom. The zero-order valence-electron chi connectivity index (χ0n) is 11.6. The Kier molecular flexibility index (Phi) is 2.19. The van der Waals surface area contributed by atoms with Crippen molar-refractivity contribution in [3.8, 4) is 22.6 Å². The van der Waals surface area contributed by atoms with Crippen LogP contribution in [0, 0.1) is 0 Å². The minimum absolute atomic E-state index is 0.546. The molecule has 0 N–H and O–H groups in total. The van der Waals surface area contributed by atoms with E-state index in [1.54, 1.807) is 0 Å². The first-order chi connectivity index (χ1) is 10.9. The van der Waals surface area contributed by atoms with E-state index in [0.29, 0.717) is 5.89 Å². The Balaban J connectivity index is 1.84. The summed E-state index contributed by atoms with van der Waals surface area (Å²) in [7, 11) is 0. The minimum Gasteiger partial charge on any atom is -0.423 e. The third-order valence-electron chi connectivity index (χ3n) is 4.08. The fourth-order valence-corrected chi connectivity index (χ4v) is 3.12. The van der Waals surface area contributed by atoms with Crippen LogP contribution in [0.1, 0.15) is 0 Å². The fourth-order valence-electron chi connectivity index (χ4n) is 3.12. The van der Waals surface area contributed by atoms with E-state index in [9.17, 15) is 0 Å². The van der Waals surface area contributed by atoms with Crippen molar-refractivity contribution in [1.82, 2.24) is 14.6 Å². The van der Waals surface area contributed by atoms with Gasteiger partial charge in [0.15, 0.2) is 0 Å². The highest BCUT2D eigenvalue weighted by Crippen LogP contribution is 2.35. The molecule has 4 nitrogen and oxygen atoms in total. The minimum atomic E-state index is 0.546. The molecule has 0 saturated carbocycles. The average molecular weight is 285 g/mol. The summed E-state index contributed by atoms with van der Waals surface area (Å²) >= 11 is 0. The number of rotatable bonds is 2. The van der Waals surface area contributed by atoms with Crippen LogP contribution in [0.5, 0.6) is 0 Å². The molecule has 1 aromatic carbocycles. The number of hydrogen-bond acceptors (Lipinski definition) is 3. The van der Waals surface area contributed by atoms with E-state index in [2.05, 4.69) is 63.1 Å². The average Bonchev–Trinajstić information content (AvgIpc) is 3.29. The van der Waals surface area contributed by atoms with Crippen molar-refractivity contribution in [3.63, 3.8) is 0 Å². The van der Waals surface area contributed by atoms with Crippen molar-refractivity contribution in [2.75, 3.05) is 0 Å². The van der Waals surface area contributed by atoms with Gasteiger partial charge in [0.1, 0.15) is 0 Å². The first kappa shape index (κ1) is 11.5. The van der Waals surface area contributed by atoms with Crippen LogP contribution in [0.3, 0.4) is 0 Å². The number of aromatic nitrogens is 3. The normalized spacial score (nSPS) is 11.6. The Hall–Kier alpha value is -3.14. The molecule has 0 fully saturated rings. The van der Waals surface area contributed by atoms with Gasteiger partial charge in [0.2, 0.25) is 12.3 Å². The predicted molar refractivity (Wildman–Crippen MR) is 84.8 cm³/mol. The molecule has 0 saturated heterocycles. The second kappa shape index (κ2) is 4.18. The summed E-state index contributed by atoms with van der Waals surface area (Å²) in [6.07, 6.45) is 1.36. The lowest BCUT2D eigenvalue weighted by Crippen LogP contribution is -1.86. The van der Waals surface area contributed by atoms with Crippen LogP contribution < -0.4 is 0 Å². The highest BCUT2D eigenvalue weighted by molar-refractivity contribution is 5.94. The highest BCUT2D eigenvalue weighted by atomic mass is 16.4. The Labute approximate surface area is 126 Å². The molecule has 104 valence electrons. The van der Waals surface area contributed by atoms with Gasteiger partial charge in [0.05, 0.1) is 16.6 Å². The van der Waals surface area contributed by atoms with Crippen molar-refractivity contribution >= 4 is 16.6 Å². The molecular formula is C18H11N3O. The SMILES string of the molecule is c1ccc(-c2cc3ccc(-c4nnco4)c4ccc2n34)cc1. The molecular weight excluding hydrogens is 274 g/mol. The van der Waals surface area contributed by atoms with Crippen molar-refractivity contribution < 1.29 is 4.42 Å². The topological polar surface area (TPSA) is 43.3 Å². The molecule has 4 heteroatoms. The molecule has 0 aliphatic rings. The quantitative estimate of drug-likeness (QED) is 0.487. The zero-order chi connectivity index (χ0) is 14.5. The van der Waals surface area contributed by atoms with Crippen LogP contribution in [0.25, 0.3) is 39.1 Å². The van der Waals surface area contributed by atoms with Gasteiger partial charge in [-0.05, 0) is 35.9 Å². The third kappa shape index (κ3) is 1.46. The first-order valence-corrected chi connectivity index (χ1v) is 7.10. The van der Waals surface area contributed by atoms with Gasteiger partial charge in [0.25, 0.3) is 0 Å². The van der Waals surface area contributed by atoms with E-state index in [4.69, 9.17) is 4.42 Å². The highest BCUT2D eigenvalue weighted by Gasteiger charge is 2.16. The van der Waals surface area contributed by atoms with Gasteiger partial charge in [-0.25, -0.2) is 0 Å². The lowest BCUT2D eigenvalue weighted by molar-refractivity contribution is 0.569. The summed E-state index contributed by atoms with van der Waals surface area (Å²) in [5.41, 5.74) is 6.85. The lowest BCUT2D eigenvalue weighted by atomic mass is 10.1. The molecule has 0 atom stereocenters. The second-order valence-electron chi connectivity index (χ2n) is 5.28. The van der Waals surface area contributed by atoms with E-state index >= 15 is 0 Å². The number of benzene rings is 1. The molecule has 22 heavy (non-hydrogen) atoms. The molecule has 0 aliphatic carbocycles. The molecule has 0 bridgehead atoms. The van der Waals surface area contributed by atoms with Gasteiger partial charge in [-0.15, -0.1) is 10.2 Å². The van der Waals surface area contributed by atoms with Crippen LogP contribution in [0.2, 0.25) is 0 Å². The third-order valence-corrected chi connectivity index (χ3v) is 4.08. The van der Waals surface area contributed by atoms with Crippen LogP contribution in [0.15, 0.2) is 71.5 Å². The molecule has 4 aromatic heterocycles. The number of hydrogen-bond donors (Lipinski definition) is 0. The fraction of sp³-hybridized carbons (Fsp3) is 0. The molecule has 4 heterocycles. The predicted octanol–water partition coefficient (Wildman–Crippen LogP) is 4.25. The van der Waals surface area contributed by atoms with E-state index in [1.165, 1.54) is 23.0 Å². The van der Waals surface area contributed by atoms with Gasteiger partial charge < -0.3 is 8.82 Å². The van der Waals surface area contributed by atoms with Crippen molar-refractivity contribution in [2.24, 2.45) is 0 Å². The van der Waals surface area contributed by atoms with E-state index in [0.717, 1.165) is 16.6 Å². The standard InChI is InChI=1S/C18H11N3O/c1-2-4-12(5-3-1)15-10-13-6-7-14(18-20-19-11-22-18)16-8-9-17(15)21(13)16/h1-11H. The van der Waals surface area contributed by atoms with Crippen LogP contribution >= 0.6 is 0 Å². The van der Waals surface area contributed by atoms with Crippen molar-refractivity contribution in [2.45, 2.75) is 0 Å². The number of nitrogens with zero attached hydrogens (tertiary/aromatic N) is 3. The van der Waals surface area contributed by atoms with Crippen molar-refractivity contribution in [1.29, 1.82) is 0 Å². The molecule has 0 aliphatic heterocycles. The van der Waals surface area contributed by atoms with Crippen molar-refractivity contribution in [3.05, 3.63) is 67.1 Å². The Morgan fingerprint density at radius 3 is 2.41 bits per heavy atom. The zero-order valence-corrected chi connectivity index (χ0v) is 11.6. The molecule has 5 aromatic rings. The van der Waals surface area contributed by atoms with Gasteiger partial charge in [-0.1, -0.05) is 30.3 Å². The lowest BCUT2D eigenvalue weighted by Gasteiger charge is -2.01. The largest absolute Gasteiger partial charge is 0.423 e. The van der Waals surface area contributed by atoms with E-state index in [1.807, 2.05) is 12.1 Å². The molecule has 0 radical (unpaired) electrons. The molecule has 0 unspecified atom stereocenters. The first-order valence-electron chi connectivity index (χ1n) is 7.10. The maximum Gasteiger partial charge on any atom is 0.249 e. The monoisotopic (exact) mass is 285 g/mol. The summed E-state index contributed by atoms with van der Waals surface area (Å²) in [5.74, 6) is 0.546. The van der Waals surface area contributed by atoms with E-state index < -0.39 is 0 Å². The maximum atomic E-state index is 5.36. The van der Waals surface area contributed by atoms with E-state index in [-0.39, 0.29) is 0 Å². The molecule has 0 amide bonds. The summed E-state index contributed by atoms with van der Waals surface area (Å²) in [6, 6.07) is 21.0. The second-order valence-corrected chi connectivity index (χ2v) is 5.28. The number of pyridine rings is 1. The van der Waals surface area contributed by atoms with Gasteiger partial charge in [-0.2, -0.15) is 0 Å². The maximum absolute atomic E-state index is 5.36. The molecule has 0 spiro atoms. The van der Waals surface area contributed by atoms with Gasteiger partial charge in [-0.3, -0.25) is 0 Å². The van der Waals surface area contributed by atoms with Gasteiger partial charge >= 0.3 is 0 Å². The Morgan fingerprint density at radius 1 is 0.818 bits per heavy atom. The van der Waals surface area contributed by atoms with Gasteiger partial charge in [0, 0.05) is 11.1 Å². The summed E-state index contributed by atoms with van der Waals surface area (Å²) in [5, 5.41) is 7.80. The van der Waals surface area contributed by atoms with Crippen LogP contribution in [-0.2, 0) is 0 Å². The summed E-state index contributed by atoms with van der Waals surface area (Å²) < 4.78 is 7.59. The summed E-state index contributed by atoms with van der Waals surface area (Å²) in [4.78, 5) is 0. The summed E-state index contributed by atoms with van der Waals surface area (Å²) in [6.45, 7) is 0.